The van der Waals surface area contributed by atoms with Crippen molar-refractivity contribution >= 4 is 27.7 Å². The van der Waals surface area contributed by atoms with Gasteiger partial charge in [0.15, 0.2) is 6.61 Å². The SMILES string of the molecule is CCCNC(=O)C(C)N(Cc1ccc(Br)cc1)C(=O)COc1ccccc1C(C)(C)C. The van der Waals surface area contributed by atoms with Crippen molar-refractivity contribution in [3.63, 3.8) is 0 Å². The fourth-order valence-electron chi connectivity index (χ4n) is 3.20. The standard InChI is InChI=1S/C25H33BrN2O3/c1-6-15-27-24(30)18(2)28(16-19-11-13-20(26)14-12-19)23(29)17-31-22-10-8-7-9-21(22)25(3,4)5/h7-14,18H,6,15-17H2,1-5H3,(H,27,30). The van der Waals surface area contributed by atoms with Gasteiger partial charge >= 0.3 is 0 Å². The van der Waals surface area contributed by atoms with Crippen LogP contribution < -0.4 is 10.1 Å². The molecule has 0 radical (unpaired) electrons. The molecule has 0 fully saturated rings. The number of amides is 2. The molecule has 0 saturated carbocycles. The summed E-state index contributed by atoms with van der Waals surface area (Å²) in [4.78, 5) is 27.4. The zero-order chi connectivity index (χ0) is 23.0. The molecule has 2 rings (SSSR count). The Kier molecular flexibility index (Phi) is 9.11. The minimum Gasteiger partial charge on any atom is -0.483 e. The first-order valence-electron chi connectivity index (χ1n) is 10.7. The number of halogens is 1. The number of benzene rings is 2. The predicted octanol–water partition coefficient (Wildman–Crippen LogP) is 5.07. The third-order valence-electron chi connectivity index (χ3n) is 5.03. The number of ether oxygens (including phenoxy) is 1. The van der Waals surface area contributed by atoms with Gasteiger partial charge in [-0.2, -0.15) is 0 Å². The Morgan fingerprint density at radius 3 is 2.35 bits per heavy atom. The first-order chi connectivity index (χ1) is 14.6. The Morgan fingerprint density at radius 1 is 1.10 bits per heavy atom. The lowest BCUT2D eigenvalue weighted by atomic mass is 9.86. The molecule has 0 aliphatic carbocycles. The zero-order valence-corrected chi connectivity index (χ0v) is 20.7. The van der Waals surface area contributed by atoms with Crippen LogP contribution in [0.2, 0.25) is 0 Å². The van der Waals surface area contributed by atoms with Crippen molar-refractivity contribution in [2.45, 2.75) is 59.0 Å². The highest BCUT2D eigenvalue weighted by atomic mass is 79.9. The number of carbonyl (C=O) groups excluding carboxylic acids is 2. The average molecular weight is 489 g/mol. The molecule has 0 heterocycles. The first kappa shape index (κ1) is 24.9. The van der Waals surface area contributed by atoms with Crippen LogP contribution in [0.1, 0.15) is 52.2 Å². The summed E-state index contributed by atoms with van der Waals surface area (Å²) in [6.07, 6.45) is 0.839. The van der Waals surface area contributed by atoms with E-state index in [4.69, 9.17) is 4.74 Å². The quantitative estimate of drug-likeness (QED) is 0.535. The van der Waals surface area contributed by atoms with Crippen molar-refractivity contribution in [1.29, 1.82) is 0 Å². The molecule has 5 nitrogen and oxygen atoms in total. The van der Waals surface area contributed by atoms with Gasteiger partial charge in [-0.1, -0.05) is 74.0 Å². The molecule has 0 bridgehead atoms. The van der Waals surface area contributed by atoms with E-state index in [0.29, 0.717) is 18.8 Å². The summed E-state index contributed by atoms with van der Waals surface area (Å²) in [6.45, 7) is 10.9. The van der Waals surface area contributed by atoms with Crippen molar-refractivity contribution in [2.75, 3.05) is 13.2 Å². The van der Waals surface area contributed by atoms with E-state index in [9.17, 15) is 9.59 Å². The molecule has 0 aliphatic heterocycles. The van der Waals surface area contributed by atoms with Gasteiger partial charge in [-0.3, -0.25) is 9.59 Å². The average Bonchev–Trinajstić information content (AvgIpc) is 2.74. The Bertz CT molecular complexity index is 875. The van der Waals surface area contributed by atoms with Crippen LogP contribution in [0, 0.1) is 0 Å². The van der Waals surface area contributed by atoms with Crippen molar-refractivity contribution < 1.29 is 14.3 Å². The highest BCUT2D eigenvalue weighted by molar-refractivity contribution is 9.10. The molecule has 1 atom stereocenters. The number of rotatable bonds is 9. The smallest absolute Gasteiger partial charge is 0.261 e. The molecule has 0 aromatic heterocycles. The summed E-state index contributed by atoms with van der Waals surface area (Å²) >= 11 is 3.43. The molecular formula is C25H33BrN2O3. The minimum absolute atomic E-state index is 0.107. The van der Waals surface area contributed by atoms with E-state index in [1.807, 2.05) is 55.5 Å². The molecule has 168 valence electrons. The monoisotopic (exact) mass is 488 g/mol. The topological polar surface area (TPSA) is 58.6 Å². The molecule has 6 heteroatoms. The summed E-state index contributed by atoms with van der Waals surface area (Å²) in [5.41, 5.74) is 1.88. The summed E-state index contributed by atoms with van der Waals surface area (Å²) in [5.74, 6) is 0.295. The number of nitrogens with one attached hydrogen (secondary N) is 1. The van der Waals surface area contributed by atoms with Crippen LogP contribution in [0.15, 0.2) is 53.0 Å². The highest BCUT2D eigenvalue weighted by Gasteiger charge is 2.27. The third kappa shape index (κ3) is 7.39. The Morgan fingerprint density at radius 2 is 1.74 bits per heavy atom. The molecule has 1 N–H and O–H groups in total. The van der Waals surface area contributed by atoms with Gasteiger partial charge in [-0.25, -0.2) is 0 Å². The zero-order valence-electron chi connectivity index (χ0n) is 19.1. The van der Waals surface area contributed by atoms with E-state index in [1.165, 1.54) is 0 Å². The van der Waals surface area contributed by atoms with Gasteiger partial charge in [0, 0.05) is 17.6 Å². The van der Waals surface area contributed by atoms with Gasteiger partial charge < -0.3 is 15.0 Å². The molecule has 2 aromatic rings. The van der Waals surface area contributed by atoms with Crippen LogP contribution in [0.3, 0.4) is 0 Å². The number of nitrogens with zero attached hydrogens (tertiary/aromatic N) is 1. The normalized spacial score (nSPS) is 12.2. The third-order valence-corrected chi connectivity index (χ3v) is 5.56. The highest BCUT2D eigenvalue weighted by Crippen LogP contribution is 2.31. The second-order valence-electron chi connectivity index (χ2n) is 8.65. The van der Waals surface area contributed by atoms with Crippen molar-refractivity contribution in [2.24, 2.45) is 0 Å². The second-order valence-corrected chi connectivity index (χ2v) is 9.57. The van der Waals surface area contributed by atoms with E-state index in [0.717, 1.165) is 22.0 Å². The van der Waals surface area contributed by atoms with E-state index < -0.39 is 6.04 Å². The lowest BCUT2D eigenvalue weighted by molar-refractivity contribution is -0.142. The van der Waals surface area contributed by atoms with Crippen LogP contribution >= 0.6 is 15.9 Å². The van der Waals surface area contributed by atoms with E-state index >= 15 is 0 Å². The van der Waals surface area contributed by atoms with Gasteiger partial charge in [-0.15, -0.1) is 0 Å². The number of hydrogen-bond acceptors (Lipinski definition) is 3. The fourth-order valence-corrected chi connectivity index (χ4v) is 3.46. The van der Waals surface area contributed by atoms with Gasteiger partial charge in [0.1, 0.15) is 11.8 Å². The van der Waals surface area contributed by atoms with E-state index in [2.05, 4.69) is 42.0 Å². The molecular weight excluding hydrogens is 456 g/mol. The Labute approximate surface area is 194 Å². The first-order valence-corrected chi connectivity index (χ1v) is 11.5. The van der Waals surface area contributed by atoms with Gasteiger partial charge in [0.2, 0.25) is 5.91 Å². The summed E-state index contributed by atoms with van der Waals surface area (Å²) in [6, 6.07) is 14.9. The second kappa shape index (κ2) is 11.3. The minimum atomic E-state index is -0.607. The molecule has 2 amide bonds. The maximum absolute atomic E-state index is 13.2. The number of carbonyl (C=O) groups is 2. The van der Waals surface area contributed by atoms with Crippen LogP contribution in [0.4, 0.5) is 0 Å². The van der Waals surface area contributed by atoms with Crippen LogP contribution in [0.5, 0.6) is 5.75 Å². The lowest BCUT2D eigenvalue weighted by Gasteiger charge is -2.29. The van der Waals surface area contributed by atoms with E-state index in [-0.39, 0.29) is 23.8 Å². The molecule has 1 unspecified atom stereocenters. The maximum atomic E-state index is 13.2. The largest absolute Gasteiger partial charge is 0.483 e. The Hall–Kier alpha value is -2.34. The molecule has 0 aliphatic rings. The van der Waals surface area contributed by atoms with Gasteiger partial charge in [0.05, 0.1) is 0 Å². The van der Waals surface area contributed by atoms with Crippen LogP contribution in [-0.2, 0) is 21.5 Å². The Balaban J connectivity index is 2.19. The molecule has 0 spiro atoms. The van der Waals surface area contributed by atoms with Gasteiger partial charge in [-0.05, 0) is 48.1 Å². The molecule has 0 saturated heterocycles. The lowest BCUT2D eigenvalue weighted by Crippen LogP contribution is -2.49. The summed E-state index contributed by atoms with van der Waals surface area (Å²) in [7, 11) is 0. The van der Waals surface area contributed by atoms with Gasteiger partial charge in [0.25, 0.3) is 5.91 Å². The van der Waals surface area contributed by atoms with Crippen LogP contribution in [-0.4, -0.2) is 35.9 Å². The summed E-state index contributed by atoms with van der Waals surface area (Å²) < 4.78 is 6.91. The van der Waals surface area contributed by atoms with Crippen LogP contribution in [0.25, 0.3) is 0 Å². The molecule has 2 aromatic carbocycles. The van der Waals surface area contributed by atoms with Crippen molar-refractivity contribution in [3.8, 4) is 5.75 Å². The maximum Gasteiger partial charge on any atom is 0.261 e. The van der Waals surface area contributed by atoms with Crippen molar-refractivity contribution in [1.82, 2.24) is 10.2 Å². The molecule has 31 heavy (non-hydrogen) atoms. The number of para-hydroxylation sites is 1. The number of hydrogen-bond donors (Lipinski definition) is 1. The summed E-state index contributed by atoms with van der Waals surface area (Å²) in [5, 5.41) is 2.88. The fraction of sp³-hybridized carbons (Fsp3) is 0.440. The van der Waals surface area contributed by atoms with Crippen molar-refractivity contribution in [3.05, 3.63) is 64.1 Å². The van der Waals surface area contributed by atoms with E-state index in [1.54, 1.807) is 11.8 Å². The predicted molar refractivity (Wildman–Crippen MR) is 128 cm³/mol.